The van der Waals surface area contributed by atoms with Crippen molar-refractivity contribution in [3.63, 3.8) is 0 Å². The van der Waals surface area contributed by atoms with Gasteiger partial charge >= 0.3 is 0 Å². The molecule has 3 aliphatic rings. The molecule has 0 aromatic carbocycles. The van der Waals surface area contributed by atoms with Gasteiger partial charge in [-0.25, -0.2) is 0 Å². The third-order valence-electron chi connectivity index (χ3n) is 8.84. The summed E-state index contributed by atoms with van der Waals surface area (Å²) >= 11 is 0. The first kappa shape index (κ1) is 21.8. The molecule has 3 saturated carbocycles. The van der Waals surface area contributed by atoms with Crippen LogP contribution in [0.25, 0.3) is 0 Å². The van der Waals surface area contributed by atoms with Crippen molar-refractivity contribution >= 4 is 5.78 Å². The largest absolute Gasteiger partial charge is 0.381 e. The molecule has 0 aliphatic heterocycles. The van der Waals surface area contributed by atoms with E-state index in [1.54, 1.807) is 7.11 Å². The second-order valence-corrected chi connectivity index (χ2v) is 9.89. The minimum absolute atomic E-state index is 0.0151. The highest BCUT2D eigenvalue weighted by atomic mass is 16.7. The Bertz CT molecular complexity index is 663. The third-order valence-corrected chi connectivity index (χ3v) is 8.84. The van der Waals surface area contributed by atoms with Crippen molar-refractivity contribution in [1.82, 2.24) is 0 Å². The molecule has 28 heavy (non-hydrogen) atoms. The fraction of sp³-hybridized carbons (Fsp3) is 0.875. The van der Waals surface area contributed by atoms with Gasteiger partial charge in [-0.1, -0.05) is 26.7 Å². The number of hydrogen-bond donors (Lipinski definition) is 0. The summed E-state index contributed by atoms with van der Waals surface area (Å²) in [5.41, 5.74) is -0.793. The lowest BCUT2D eigenvalue weighted by Gasteiger charge is -2.61. The van der Waals surface area contributed by atoms with Gasteiger partial charge in [0.1, 0.15) is 6.79 Å². The van der Waals surface area contributed by atoms with E-state index in [-0.39, 0.29) is 41.5 Å². The van der Waals surface area contributed by atoms with E-state index >= 15 is 0 Å². The van der Waals surface area contributed by atoms with Crippen LogP contribution in [-0.4, -0.2) is 39.0 Å². The highest BCUT2D eigenvalue weighted by Crippen LogP contribution is 2.68. The van der Waals surface area contributed by atoms with Crippen molar-refractivity contribution in [3.8, 4) is 11.8 Å². The lowest BCUT2D eigenvalue weighted by molar-refractivity contribution is -0.216. The van der Waals surface area contributed by atoms with Crippen LogP contribution in [0.1, 0.15) is 66.7 Å². The minimum Gasteiger partial charge on any atom is -0.381 e. The highest BCUT2D eigenvalue weighted by Gasteiger charge is 2.68. The van der Waals surface area contributed by atoms with Crippen molar-refractivity contribution in [2.75, 3.05) is 21.0 Å². The van der Waals surface area contributed by atoms with Crippen LogP contribution in [0, 0.1) is 45.8 Å². The first-order valence-corrected chi connectivity index (χ1v) is 10.8. The van der Waals surface area contributed by atoms with E-state index < -0.39 is 5.41 Å². The Morgan fingerprint density at radius 1 is 1.14 bits per heavy atom. The Kier molecular flexibility index (Phi) is 6.03. The van der Waals surface area contributed by atoms with Crippen LogP contribution in [0.5, 0.6) is 0 Å². The molecule has 0 aromatic heterocycles. The van der Waals surface area contributed by atoms with E-state index in [0.29, 0.717) is 18.3 Å². The lowest BCUT2D eigenvalue weighted by Crippen LogP contribution is -2.62. The van der Waals surface area contributed by atoms with Gasteiger partial charge in [0, 0.05) is 25.6 Å². The Labute approximate surface area is 171 Å². The second kappa shape index (κ2) is 7.74. The van der Waals surface area contributed by atoms with E-state index in [4.69, 9.17) is 14.2 Å². The van der Waals surface area contributed by atoms with E-state index in [1.165, 1.54) is 0 Å². The van der Waals surface area contributed by atoms with Gasteiger partial charge in [0.05, 0.1) is 17.6 Å². The van der Waals surface area contributed by atoms with E-state index in [1.807, 2.05) is 21.0 Å². The van der Waals surface area contributed by atoms with Crippen LogP contribution in [0.3, 0.4) is 0 Å². The first-order valence-electron chi connectivity index (χ1n) is 10.8. The Hall–Kier alpha value is -0.890. The molecule has 0 spiro atoms. The van der Waals surface area contributed by atoms with Gasteiger partial charge < -0.3 is 14.2 Å². The molecule has 3 unspecified atom stereocenters. The molecule has 0 saturated heterocycles. The van der Waals surface area contributed by atoms with Crippen LogP contribution in [0.15, 0.2) is 0 Å². The minimum atomic E-state index is -0.686. The van der Waals surface area contributed by atoms with Crippen molar-refractivity contribution in [3.05, 3.63) is 0 Å². The molecule has 3 aliphatic carbocycles. The highest BCUT2D eigenvalue weighted by molar-refractivity contribution is 5.90. The third kappa shape index (κ3) is 2.97. The molecule has 0 N–H and O–H groups in total. The number of rotatable bonds is 4. The van der Waals surface area contributed by atoms with Crippen molar-refractivity contribution in [2.24, 2.45) is 34.0 Å². The van der Waals surface area contributed by atoms with Gasteiger partial charge in [-0.15, -0.1) is 5.92 Å². The molecule has 3 fully saturated rings. The number of carbonyl (C=O) groups is 1. The standard InChI is InChI=1S/C24H38O4/c1-8-11-22(4)14-19(28-15-26-6)23(5)16(2)9-12-24(17(3)21(22)25)13-10-18(27-7)20(23)24/h16-20H,9-10,12-15H2,1-7H3/t16-,17+,18?,19-,20?,22-,23+,24?/m1/s1. The molecule has 0 aromatic rings. The summed E-state index contributed by atoms with van der Waals surface area (Å²) in [7, 11) is 3.49. The second-order valence-electron chi connectivity index (χ2n) is 9.89. The Balaban J connectivity index is 2.21. The van der Waals surface area contributed by atoms with E-state index in [2.05, 4.69) is 32.6 Å². The number of carbonyl (C=O) groups excluding carboxylic acids is 1. The van der Waals surface area contributed by atoms with Gasteiger partial charge in [0.25, 0.3) is 0 Å². The average Bonchev–Trinajstić information content (AvgIpc) is 3.07. The van der Waals surface area contributed by atoms with Crippen molar-refractivity contribution < 1.29 is 19.0 Å². The summed E-state index contributed by atoms with van der Waals surface area (Å²) in [5, 5.41) is 0. The van der Waals surface area contributed by atoms with Gasteiger partial charge in [0.15, 0.2) is 5.78 Å². The van der Waals surface area contributed by atoms with Crippen LogP contribution < -0.4 is 0 Å². The predicted octanol–water partition coefficient (Wildman–Crippen LogP) is 4.46. The summed E-state index contributed by atoms with van der Waals surface area (Å²) in [6.45, 7) is 11.0. The maximum Gasteiger partial charge on any atom is 0.154 e. The molecule has 0 amide bonds. The fourth-order valence-corrected chi connectivity index (χ4v) is 7.19. The zero-order valence-corrected chi connectivity index (χ0v) is 18.8. The smallest absolute Gasteiger partial charge is 0.154 e. The van der Waals surface area contributed by atoms with Gasteiger partial charge in [-0.3, -0.25) is 4.79 Å². The molecule has 4 nitrogen and oxygen atoms in total. The molecular weight excluding hydrogens is 352 g/mol. The summed E-state index contributed by atoms with van der Waals surface area (Å²) < 4.78 is 17.7. The quantitative estimate of drug-likeness (QED) is 0.525. The van der Waals surface area contributed by atoms with Crippen LogP contribution in [0.4, 0.5) is 0 Å². The van der Waals surface area contributed by atoms with Gasteiger partial charge in [-0.05, 0) is 63.2 Å². The average molecular weight is 391 g/mol. The Morgan fingerprint density at radius 3 is 2.43 bits per heavy atom. The monoisotopic (exact) mass is 390 g/mol. The molecule has 4 heteroatoms. The number of ketones is 1. The van der Waals surface area contributed by atoms with Gasteiger partial charge in [0.2, 0.25) is 0 Å². The summed E-state index contributed by atoms with van der Waals surface area (Å²) in [6.07, 6.45) is 5.00. The zero-order chi connectivity index (χ0) is 20.7. The summed E-state index contributed by atoms with van der Waals surface area (Å²) in [6, 6.07) is 0. The number of Topliss-reactive ketones (excluding diaryl/α,β-unsaturated/α-hetero) is 1. The molecule has 3 rings (SSSR count). The van der Waals surface area contributed by atoms with Crippen LogP contribution >= 0.6 is 0 Å². The Morgan fingerprint density at radius 2 is 1.82 bits per heavy atom. The maximum atomic E-state index is 13.8. The number of methoxy groups -OCH3 is 2. The van der Waals surface area contributed by atoms with Gasteiger partial charge in [-0.2, -0.15) is 0 Å². The molecular formula is C24H38O4. The molecule has 8 atom stereocenters. The SMILES string of the molecule is CC#C[C@]1(C)C[C@@H](OCOC)[C@@]2(C)C3C(OC)CCC3(CC[C@H]2C)[C@@H](C)C1=O. The van der Waals surface area contributed by atoms with Crippen LogP contribution in [-0.2, 0) is 19.0 Å². The molecule has 0 heterocycles. The van der Waals surface area contributed by atoms with E-state index in [9.17, 15) is 4.79 Å². The topological polar surface area (TPSA) is 44.8 Å². The van der Waals surface area contributed by atoms with Crippen molar-refractivity contribution in [2.45, 2.75) is 78.9 Å². The molecule has 158 valence electrons. The summed E-state index contributed by atoms with van der Waals surface area (Å²) in [4.78, 5) is 13.8. The van der Waals surface area contributed by atoms with Crippen LogP contribution in [0.2, 0.25) is 0 Å². The number of hydrogen-bond acceptors (Lipinski definition) is 4. The lowest BCUT2D eigenvalue weighted by atomic mass is 9.44. The fourth-order valence-electron chi connectivity index (χ4n) is 7.19. The van der Waals surface area contributed by atoms with Crippen molar-refractivity contribution in [1.29, 1.82) is 0 Å². The zero-order valence-electron chi connectivity index (χ0n) is 18.8. The molecule has 2 bridgehead atoms. The first-order chi connectivity index (χ1) is 13.2. The normalized spacial score (nSPS) is 48.2. The number of ether oxygens (including phenoxy) is 3. The summed E-state index contributed by atoms with van der Waals surface area (Å²) in [5.74, 6) is 7.40. The van der Waals surface area contributed by atoms with E-state index in [0.717, 1.165) is 25.7 Å². The molecule has 0 radical (unpaired) electrons. The predicted molar refractivity (Wildman–Crippen MR) is 110 cm³/mol. The maximum absolute atomic E-state index is 13.8.